The van der Waals surface area contributed by atoms with E-state index in [1.807, 2.05) is 0 Å². The molecule has 1 fully saturated rings. The number of hydrogen-bond acceptors (Lipinski definition) is 3. The van der Waals surface area contributed by atoms with Crippen LogP contribution in [0.1, 0.15) is 44.2 Å². The van der Waals surface area contributed by atoms with Crippen molar-refractivity contribution in [1.82, 2.24) is 4.98 Å². The fourth-order valence-electron chi connectivity index (χ4n) is 1.34. The van der Waals surface area contributed by atoms with Crippen molar-refractivity contribution in [3.8, 4) is 0 Å². The zero-order valence-corrected chi connectivity index (χ0v) is 10.4. The first-order valence-corrected chi connectivity index (χ1v) is 7.37. The molecule has 1 saturated carbocycles. The van der Waals surface area contributed by atoms with Crippen LogP contribution in [0.4, 0.5) is 0 Å². The van der Waals surface area contributed by atoms with Crippen molar-refractivity contribution in [2.45, 2.75) is 44.0 Å². The normalized spacial score (nSPS) is 17.4. The van der Waals surface area contributed by atoms with E-state index in [0.717, 1.165) is 10.4 Å². The molecule has 0 radical (unpaired) electrons. The van der Waals surface area contributed by atoms with E-state index in [2.05, 4.69) is 10.8 Å². The summed E-state index contributed by atoms with van der Waals surface area (Å²) >= 11 is 0.328. The first kappa shape index (κ1) is 10.2. The number of hydrogen-bond donors (Lipinski definition) is 1. The summed E-state index contributed by atoms with van der Waals surface area (Å²) in [5.41, 5.74) is 0.150. The number of nitrogens with zero attached hydrogens (tertiary/aromatic N) is 1. The second-order valence-corrected chi connectivity index (χ2v) is 5.86. The van der Waals surface area contributed by atoms with E-state index in [1.165, 1.54) is 12.8 Å². The number of rotatable bonds is 3. The van der Waals surface area contributed by atoms with Gasteiger partial charge in [-0.15, -0.1) is 0 Å². The Balaban J connectivity index is 2.35. The van der Waals surface area contributed by atoms with Gasteiger partial charge < -0.3 is 0 Å². The van der Waals surface area contributed by atoms with Crippen LogP contribution < -0.4 is 4.66 Å². The Morgan fingerprint density at radius 3 is 2.57 bits per heavy atom. The van der Waals surface area contributed by atoms with Gasteiger partial charge in [0.1, 0.15) is 0 Å². The van der Waals surface area contributed by atoms with E-state index in [9.17, 15) is 5.11 Å². The molecule has 0 unspecified atom stereocenters. The molecule has 1 aromatic rings. The minimum absolute atomic E-state index is 0.328. The van der Waals surface area contributed by atoms with Gasteiger partial charge in [-0.25, -0.2) is 0 Å². The summed E-state index contributed by atoms with van der Waals surface area (Å²) in [6.07, 6.45) is 2.45. The van der Waals surface area contributed by atoms with Gasteiger partial charge in [0.05, 0.1) is 0 Å². The van der Waals surface area contributed by atoms with E-state index in [1.54, 1.807) is 13.8 Å². The van der Waals surface area contributed by atoms with Gasteiger partial charge in [0, 0.05) is 0 Å². The third kappa shape index (κ3) is 1.88. The molecule has 1 aliphatic rings. The van der Waals surface area contributed by atoms with Crippen LogP contribution in [0.5, 0.6) is 0 Å². The van der Waals surface area contributed by atoms with Gasteiger partial charge in [-0.1, -0.05) is 0 Å². The molecule has 2 rings (SSSR count). The topological polar surface area (TPSA) is 46.3 Å². The molecule has 0 saturated heterocycles. The molecule has 1 aromatic heterocycles. The average Bonchev–Trinajstić information content (AvgIpc) is 2.82. The van der Waals surface area contributed by atoms with Crippen LogP contribution in [-0.4, -0.2) is 25.0 Å². The van der Waals surface area contributed by atoms with Gasteiger partial charge in [0.25, 0.3) is 0 Å². The minimum atomic E-state index is -0.951. The van der Waals surface area contributed by atoms with Crippen LogP contribution >= 0.6 is 0 Å². The molecule has 0 aliphatic heterocycles. The molecule has 1 heterocycles. The van der Waals surface area contributed by atoms with E-state index in [-0.39, 0.29) is 0 Å². The summed E-state index contributed by atoms with van der Waals surface area (Å²) in [4.78, 5) is 4.41. The fourth-order valence-corrected chi connectivity index (χ4v) is 2.57. The molecule has 0 bridgehead atoms. The first-order chi connectivity index (χ1) is 6.52. The Kier molecular flexibility index (Phi) is 2.46. The number of oxazole rings is 1. The second-order valence-electron chi connectivity index (χ2n) is 4.23. The molecule has 14 heavy (non-hydrogen) atoms. The van der Waals surface area contributed by atoms with Crippen LogP contribution in [0, 0.1) is 0 Å². The monoisotopic (exact) mass is 261 g/mol. The zero-order chi connectivity index (χ0) is 10.3. The molecule has 0 atom stereocenters. The molecule has 1 aliphatic carbocycles. The van der Waals surface area contributed by atoms with Gasteiger partial charge in [-0.05, 0) is 0 Å². The van der Waals surface area contributed by atoms with Crippen molar-refractivity contribution in [1.29, 1.82) is 0 Å². The van der Waals surface area contributed by atoms with Crippen LogP contribution in [0.3, 0.4) is 0 Å². The molecule has 4 heteroatoms. The molecular weight excluding hydrogens is 245 g/mol. The molecule has 0 aromatic carbocycles. The third-order valence-electron chi connectivity index (χ3n) is 2.29. The third-order valence-corrected chi connectivity index (χ3v) is 3.68. The maximum absolute atomic E-state index is 9.78. The van der Waals surface area contributed by atoms with Gasteiger partial charge in [0.2, 0.25) is 0 Å². The first-order valence-electron chi connectivity index (χ1n) is 4.80. The number of aromatic nitrogens is 1. The van der Waals surface area contributed by atoms with Gasteiger partial charge in [0.15, 0.2) is 0 Å². The van der Waals surface area contributed by atoms with Gasteiger partial charge in [-0.2, -0.15) is 0 Å². The van der Waals surface area contributed by atoms with Crippen molar-refractivity contribution in [2.24, 2.45) is 0 Å². The summed E-state index contributed by atoms with van der Waals surface area (Å²) in [6, 6.07) is 0. The predicted molar refractivity (Wildman–Crippen MR) is 55.0 cm³/mol. The molecular formula is C10H15NO2Se. The maximum atomic E-state index is 9.78. The molecule has 0 spiro atoms. The molecule has 0 amide bonds. The van der Waals surface area contributed by atoms with Crippen LogP contribution in [0.2, 0.25) is 5.82 Å². The molecule has 1 N–H and O–H groups in total. The Bertz CT molecular complexity index is 336. The van der Waals surface area contributed by atoms with E-state index >= 15 is 0 Å². The summed E-state index contributed by atoms with van der Waals surface area (Å²) in [7, 11) is 0. The summed E-state index contributed by atoms with van der Waals surface area (Å²) in [6.45, 7) is 3.42. The van der Waals surface area contributed by atoms with Crippen molar-refractivity contribution in [2.75, 3.05) is 0 Å². The molecule has 78 valence electrons. The Morgan fingerprint density at radius 1 is 1.50 bits per heavy atom. The summed E-state index contributed by atoms with van der Waals surface area (Å²) in [5.74, 6) is 3.19. The summed E-state index contributed by atoms with van der Waals surface area (Å²) < 4.78 is 6.61. The van der Waals surface area contributed by atoms with E-state index in [0.29, 0.717) is 26.8 Å². The van der Waals surface area contributed by atoms with Gasteiger partial charge in [-0.3, -0.25) is 0 Å². The molecule has 3 nitrogen and oxygen atoms in total. The Hall–Kier alpha value is -0.311. The van der Waals surface area contributed by atoms with Crippen molar-refractivity contribution >= 4 is 19.6 Å². The van der Waals surface area contributed by atoms with Crippen molar-refractivity contribution < 1.29 is 9.52 Å². The van der Waals surface area contributed by atoms with Crippen LogP contribution in [-0.2, 0) is 5.60 Å². The van der Waals surface area contributed by atoms with Crippen molar-refractivity contribution in [3.63, 3.8) is 0 Å². The zero-order valence-electron chi connectivity index (χ0n) is 8.70. The van der Waals surface area contributed by atoms with Gasteiger partial charge >= 0.3 is 89.7 Å². The van der Waals surface area contributed by atoms with Crippen LogP contribution in [0.15, 0.2) is 4.42 Å². The van der Waals surface area contributed by atoms with E-state index in [4.69, 9.17) is 4.42 Å². The average molecular weight is 260 g/mol. The quantitative estimate of drug-likeness (QED) is 0.829. The van der Waals surface area contributed by atoms with Crippen molar-refractivity contribution in [3.05, 3.63) is 11.6 Å². The van der Waals surface area contributed by atoms with E-state index < -0.39 is 5.60 Å². The van der Waals surface area contributed by atoms with Crippen LogP contribution in [0.25, 0.3) is 0 Å². The fraction of sp³-hybridized carbons (Fsp3) is 0.700. The Labute approximate surface area is 90.1 Å². The Morgan fingerprint density at radius 2 is 2.14 bits per heavy atom. The number of aliphatic hydroxyl groups is 1. The summed E-state index contributed by atoms with van der Waals surface area (Å²) in [5, 5.41) is 9.78. The second kappa shape index (κ2) is 3.37. The SMILES string of the molecule is C[Se]c1oc(C(C)(C)O)nc1C1CC1. The predicted octanol–water partition coefficient (Wildman–Crippen LogP) is 1.16. The standard InChI is InChI=1S/C10H15NO2Se/c1-10(2,12)9-11-7(6-4-5-6)8(13-9)14-3/h6,12H,4-5H2,1-3H3.